The Hall–Kier alpha value is -1.55. The lowest BCUT2D eigenvalue weighted by molar-refractivity contribution is 0.415. The maximum Gasteiger partial charge on any atom is 0.119 e. The number of nitrogens with two attached hydrogens (primary N) is 1. The second kappa shape index (κ2) is 3.67. The second-order valence-electron chi connectivity index (χ2n) is 3.11. The number of fused-ring (bicyclic) bond motifs is 1. The largest absolute Gasteiger partial charge is 0.497 e. The monoisotopic (exact) mass is 191 g/mol. The van der Waals surface area contributed by atoms with E-state index in [0.29, 0.717) is 6.54 Å². The molecule has 0 fully saturated rings. The molecule has 0 saturated heterocycles. The Kier molecular flexibility index (Phi) is 2.37. The van der Waals surface area contributed by atoms with Crippen molar-refractivity contribution in [1.82, 2.24) is 9.78 Å². The Morgan fingerprint density at radius 3 is 3.07 bits per heavy atom. The SMILES string of the molecule is COc1ccc2nn(CCN)cc2c1. The first-order valence-corrected chi connectivity index (χ1v) is 4.55. The molecule has 1 aromatic carbocycles. The standard InChI is InChI=1S/C10H13N3O/c1-14-9-2-3-10-8(6-9)7-13(12-10)5-4-11/h2-3,6-7H,4-5,11H2,1H3. The summed E-state index contributed by atoms with van der Waals surface area (Å²) < 4.78 is 6.98. The van der Waals surface area contributed by atoms with Crippen LogP contribution >= 0.6 is 0 Å². The minimum Gasteiger partial charge on any atom is -0.497 e. The van der Waals surface area contributed by atoms with Crippen molar-refractivity contribution < 1.29 is 4.74 Å². The van der Waals surface area contributed by atoms with E-state index < -0.39 is 0 Å². The van der Waals surface area contributed by atoms with Gasteiger partial charge in [-0.05, 0) is 18.2 Å². The number of rotatable bonds is 3. The Labute approximate surface area is 82.3 Å². The number of ether oxygens (including phenoxy) is 1. The van der Waals surface area contributed by atoms with Gasteiger partial charge in [-0.3, -0.25) is 4.68 Å². The number of nitrogens with zero attached hydrogens (tertiary/aromatic N) is 2. The maximum absolute atomic E-state index is 5.45. The van der Waals surface area contributed by atoms with Crippen LogP contribution in [0.2, 0.25) is 0 Å². The van der Waals surface area contributed by atoms with Gasteiger partial charge in [-0.2, -0.15) is 5.10 Å². The van der Waals surface area contributed by atoms with Crippen LogP contribution in [0, 0.1) is 0 Å². The molecule has 1 heterocycles. The first-order valence-electron chi connectivity index (χ1n) is 4.55. The van der Waals surface area contributed by atoms with Crippen molar-refractivity contribution in [2.75, 3.05) is 13.7 Å². The van der Waals surface area contributed by atoms with E-state index >= 15 is 0 Å². The molecule has 0 unspecified atom stereocenters. The van der Waals surface area contributed by atoms with Crippen LogP contribution in [-0.2, 0) is 6.54 Å². The third-order valence-electron chi connectivity index (χ3n) is 2.12. The highest BCUT2D eigenvalue weighted by molar-refractivity contribution is 5.79. The van der Waals surface area contributed by atoms with Crippen LogP contribution in [0.1, 0.15) is 0 Å². The van der Waals surface area contributed by atoms with Gasteiger partial charge in [0.1, 0.15) is 5.75 Å². The summed E-state index contributed by atoms with van der Waals surface area (Å²) in [6.07, 6.45) is 1.98. The van der Waals surface area contributed by atoms with E-state index in [-0.39, 0.29) is 0 Å². The van der Waals surface area contributed by atoms with Gasteiger partial charge in [0.2, 0.25) is 0 Å². The molecule has 1 aromatic heterocycles. The molecule has 4 heteroatoms. The van der Waals surface area contributed by atoms with Gasteiger partial charge < -0.3 is 10.5 Å². The summed E-state index contributed by atoms with van der Waals surface area (Å²) in [5.74, 6) is 0.852. The molecule has 0 aliphatic carbocycles. The van der Waals surface area contributed by atoms with Gasteiger partial charge in [0.25, 0.3) is 0 Å². The fourth-order valence-corrected chi connectivity index (χ4v) is 1.43. The zero-order chi connectivity index (χ0) is 9.97. The van der Waals surface area contributed by atoms with Gasteiger partial charge in [0.15, 0.2) is 0 Å². The molecule has 74 valence electrons. The lowest BCUT2D eigenvalue weighted by Gasteiger charge is -1.96. The summed E-state index contributed by atoms with van der Waals surface area (Å²) >= 11 is 0. The van der Waals surface area contributed by atoms with Gasteiger partial charge in [0, 0.05) is 18.1 Å². The number of aromatic nitrogens is 2. The van der Waals surface area contributed by atoms with Crippen LogP contribution in [0.15, 0.2) is 24.4 Å². The average molecular weight is 191 g/mol. The molecule has 14 heavy (non-hydrogen) atoms. The zero-order valence-corrected chi connectivity index (χ0v) is 8.10. The second-order valence-corrected chi connectivity index (χ2v) is 3.11. The van der Waals surface area contributed by atoms with Crippen LogP contribution in [0.25, 0.3) is 10.9 Å². The van der Waals surface area contributed by atoms with E-state index in [1.54, 1.807) is 7.11 Å². The van der Waals surface area contributed by atoms with Gasteiger partial charge in [-0.25, -0.2) is 0 Å². The minimum atomic E-state index is 0.602. The predicted octanol–water partition coefficient (Wildman–Crippen LogP) is 1.00. The molecule has 2 N–H and O–H groups in total. The lowest BCUT2D eigenvalue weighted by atomic mass is 10.2. The van der Waals surface area contributed by atoms with Crippen LogP contribution in [0.5, 0.6) is 5.75 Å². The van der Waals surface area contributed by atoms with Crippen molar-refractivity contribution in [1.29, 1.82) is 0 Å². The van der Waals surface area contributed by atoms with Gasteiger partial charge in [-0.1, -0.05) is 0 Å². The zero-order valence-electron chi connectivity index (χ0n) is 8.10. The number of methoxy groups -OCH3 is 1. The molecule has 0 spiro atoms. The summed E-state index contributed by atoms with van der Waals surface area (Å²) in [4.78, 5) is 0. The van der Waals surface area contributed by atoms with E-state index in [1.165, 1.54) is 0 Å². The van der Waals surface area contributed by atoms with Crippen molar-refractivity contribution in [3.8, 4) is 5.75 Å². The molecule has 0 saturated carbocycles. The average Bonchev–Trinajstić information content (AvgIpc) is 2.59. The molecule has 0 radical (unpaired) electrons. The quantitative estimate of drug-likeness (QED) is 0.787. The normalized spacial score (nSPS) is 10.7. The molecule has 0 amide bonds. The molecule has 2 aromatic rings. The highest BCUT2D eigenvalue weighted by Crippen LogP contribution is 2.19. The third kappa shape index (κ3) is 1.56. The summed E-state index contributed by atoms with van der Waals surface area (Å²) in [5, 5.41) is 5.44. The van der Waals surface area contributed by atoms with Crippen molar-refractivity contribution >= 4 is 10.9 Å². The summed E-state index contributed by atoms with van der Waals surface area (Å²) in [6, 6.07) is 5.82. The molecular formula is C10H13N3O. The maximum atomic E-state index is 5.45. The molecule has 0 aliphatic heterocycles. The van der Waals surface area contributed by atoms with Gasteiger partial charge in [-0.15, -0.1) is 0 Å². The Bertz CT molecular complexity index is 436. The third-order valence-corrected chi connectivity index (χ3v) is 2.12. The van der Waals surface area contributed by atoms with Crippen molar-refractivity contribution in [2.24, 2.45) is 5.73 Å². The van der Waals surface area contributed by atoms with E-state index in [2.05, 4.69) is 5.10 Å². The van der Waals surface area contributed by atoms with Crippen LogP contribution in [0.3, 0.4) is 0 Å². The first-order chi connectivity index (χ1) is 6.83. The topological polar surface area (TPSA) is 53.1 Å². The molecular weight excluding hydrogens is 178 g/mol. The first kappa shape index (κ1) is 9.02. The summed E-state index contributed by atoms with van der Waals surface area (Å²) in [6.45, 7) is 1.35. The molecule has 0 bridgehead atoms. The molecule has 4 nitrogen and oxygen atoms in total. The molecule has 0 atom stereocenters. The fraction of sp³-hybridized carbons (Fsp3) is 0.300. The van der Waals surface area contributed by atoms with E-state index in [4.69, 9.17) is 10.5 Å². The predicted molar refractivity (Wildman–Crippen MR) is 55.3 cm³/mol. The van der Waals surface area contributed by atoms with Crippen molar-refractivity contribution in [3.05, 3.63) is 24.4 Å². The van der Waals surface area contributed by atoms with Crippen LogP contribution in [-0.4, -0.2) is 23.4 Å². The fourth-order valence-electron chi connectivity index (χ4n) is 1.43. The van der Waals surface area contributed by atoms with Crippen LogP contribution < -0.4 is 10.5 Å². The minimum absolute atomic E-state index is 0.602. The van der Waals surface area contributed by atoms with Gasteiger partial charge >= 0.3 is 0 Å². The number of hydrogen-bond acceptors (Lipinski definition) is 3. The lowest BCUT2D eigenvalue weighted by Crippen LogP contribution is -2.09. The summed E-state index contributed by atoms with van der Waals surface area (Å²) in [7, 11) is 1.66. The molecule has 0 aliphatic rings. The smallest absolute Gasteiger partial charge is 0.119 e. The van der Waals surface area contributed by atoms with E-state index in [0.717, 1.165) is 23.2 Å². The van der Waals surface area contributed by atoms with Crippen molar-refractivity contribution in [2.45, 2.75) is 6.54 Å². The number of hydrogen-bond donors (Lipinski definition) is 1. The summed E-state index contributed by atoms with van der Waals surface area (Å²) in [5.41, 5.74) is 6.42. The highest BCUT2D eigenvalue weighted by atomic mass is 16.5. The van der Waals surface area contributed by atoms with Crippen LogP contribution in [0.4, 0.5) is 0 Å². The Morgan fingerprint density at radius 2 is 2.36 bits per heavy atom. The Balaban J connectivity index is 2.43. The van der Waals surface area contributed by atoms with Crippen molar-refractivity contribution in [3.63, 3.8) is 0 Å². The Morgan fingerprint density at radius 1 is 1.50 bits per heavy atom. The number of benzene rings is 1. The van der Waals surface area contributed by atoms with E-state index in [9.17, 15) is 0 Å². The van der Waals surface area contributed by atoms with Gasteiger partial charge in [0.05, 0.1) is 19.2 Å². The van der Waals surface area contributed by atoms with E-state index in [1.807, 2.05) is 29.1 Å². The molecule has 2 rings (SSSR count). The highest BCUT2D eigenvalue weighted by Gasteiger charge is 2.00.